The second kappa shape index (κ2) is 5.88. The summed E-state index contributed by atoms with van der Waals surface area (Å²) in [5.74, 6) is 0.487. The number of allylic oxidation sites excluding steroid dienone is 1. The van der Waals surface area contributed by atoms with Crippen molar-refractivity contribution in [3.8, 4) is 17.0 Å². The van der Waals surface area contributed by atoms with Crippen LogP contribution in [0.2, 0.25) is 0 Å². The summed E-state index contributed by atoms with van der Waals surface area (Å²) < 4.78 is 4.85. The molecule has 0 radical (unpaired) electrons. The molecular formula is C18H16N2O3. The van der Waals surface area contributed by atoms with Crippen LogP contribution in [0.15, 0.2) is 61.0 Å². The summed E-state index contributed by atoms with van der Waals surface area (Å²) >= 11 is 0. The first kappa shape index (κ1) is 14.7. The van der Waals surface area contributed by atoms with Gasteiger partial charge in [0.1, 0.15) is 0 Å². The highest BCUT2D eigenvalue weighted by Gasteiger charge is 2.09. The van der Waals surface area contributed by atoms with Gasteiger partial charge in [-0.05, 0) is 36.2 Å². The summed E-state index contributed by atoms with van der Waals surface area (Å²) in [6.07, 6.45) is 1.21. The van der Waals surface area contributed by atoms with Crippen molar-refractivity contribution in [1.29, 1.82) is 0 Å². The highest BCUT2D eigenvalue weighted by molar-refractivity contribution is 5.99. The summed E-state index contributed by atoms with van der Waals surface area (Å²) in [5.41, 5.74) is 2.60. The van der Waals surface area contributed by atoms with Crippen molar-refractivity contribution in [3.05, 3.63) is 61.0 Å². The van der Waals surface area contributed by atoms with Gasteiger partial charge in [-0.15, -0.1) is 0 Å². The molecule has 0 unspecified atom stereocenters. The fourth-order valence-electron chi connectivity index (χ4n) is 2.43. The molecule has 0 bridgehead atoms. The molecule has 3 N–H and O–H groups in total. The molecule has 2 aromatic carbocycles. The van der Waals surface area contributed by atoms with E-state index < -0.39 is 6.09 Å². The quantitative estimate of drug-likeness (QED) is 0.618. The smallest absolute Gasteiger partial charge is 0.416 e. The van der Waals surface area contributed by atoms with Crippen LogP contribution in [0.25, 0.3) is 21.9 Å². The van der Waals surface area contributed by atoms with E-state index in [2.05, 4.69) is 16.9 Å². The Morgan fingerprint density at radius 1 is 1.17 bits per heavy atom. The number of aromatic amines is 1. The van der Waals surface area contributed by atoms with Crippen molar-refractivity contribution in [2.75, 3.05) is 5.32 Å². The number of ether oxygens (including phenoxy) is 1. The monoisotopic (exact) mass is 308 g/mol. The molecule has 0 aliphatic rings. The third-order valence-electron chi connectivity index (χ3n) is 3.42. The predicted octanol–water partition coefficient (Wildman–Crippen LogP) is 4.62. The standard InChI is InChI=1S/C18H16N2O3/c1-11(2)23-18(22)20-13-8-6-12(7-9-13)14-4-3-5-15-16(14)10-19-17(15)21/h3-10,19,21H,1H2,2H3,(H,20,22). The zero-order valence-corrected chi connectivity index (χ0v) is 12.6. The highest BCUT2D eigenvalue weighted by Crippen LogP contribution is 2.33. The minimum Gasteiger partial charge on any atom is -0.494 e. The zero-order chi connectivity index (χ0) is 16.4. The molecule has 0 spiro atoms. The molecular weight excluding hydrogens is 292 g/mol. The number of aromatic nitrogens is 1. The van der Waals surface area contributed by atoms with Crippen molar-refractivity contribution in [2.45, 2.75) is 6.92 Å². The van der Waals surface area contributed by atoms with Gasteiger partial charge in [-0.25, -0.2) is 4.79 Å². The largest absolute Gasteiger partial charge is 0.494 e. The summed E-state index contributed by atoms with van der Waals surface area (Å²) in [5, 5.41) is 14.1. The summed E-state index contributed by atoms with van der Waals surface area (Å²) in [6, 6.07) is 13.1. The molecule has 3 aromatic rings. The summed E-state index contributed by atoms with van der Waals surface area (Å²) in [4.78, 5) is 14.3. The van der Waals surface area contributed by atoms with Gasteiger partial charge in [0.05, 0.1) is 5.76 Å². The number of amides is 1. The number of benzene rings is 2. The fourth-order valence-corrected chi connectivity index (χ4v) is 2.43. The molecule has 1 heterocycles. The van der Waals surface area contributed by atoms with E-state index in [1.807, 2.05) is 30.3 Å². The first-order valence-electron chi connectivity index (χ1n) is 7.08. The first-order chi connectivity index (χ1) is 11.0. The Bertz CT molecular complexity index is 879. The number of rotatable bonds is 3. The lowest BCUT2D eigenvalue weighted by atomic mass is 10.0. The SMILES string of the molecule is C=C(C)OC(=O)Nc1ccc(-c2cccc3c(O)[nH]cc23)cc1. The van der Waals surface area contributed by atoms with Gasteiger partial charge in [0.2, 0.25) is 0 Å². The van der Waals surface area contributed by atoms with Crippen molar-refractivity contribution < 1.29 is 14.6 Å². The van der Waals surface area contributed by atoms with E-state index in [0.29, 0.717) is 11.4 Å². The number of fused-ring (bicyclic) bond motifs is 1. The second-order valence-electron chi connectivity index (χ2n) is 5.20. The van der Waals surface area contributed by atoms with Gasteiger partial charge >= 0.3 is 6.09 Å². The number of carbonyl (C=O) groups excluding carboxylic acids is 1. The molecule has 0 atom stereocenters. The molecule has 1 aromatic heterocycles. The van der Waals surface area contributed by atoms with E-state index in [-0.39, 0.29) is 5.88 Å². The predicted molar refractivity (Wildman–Crippen MR) is 90.3 cm³/mol. The van der Waals surface area contributed by atoms with Crippen LogP contribution in [0.5, 0.6) is 5.88 Å². The van der Waals surface area contributed by atoms with Crippen LogP contribution in [0, 0.1) is 0 Å². The number of aromatic hydroxyl groups is 1. The number of carbonyl (C=O) groups is 1. The van der Waals surface area contributed by atoms with Crippen LogP contribution in [0.4, 0.5) is 10.5 Å². The minimum atomic E-state index is -0.567. The topological polar surface area (TPSA) is 74.3 Å². The second-order valence-corrected chi connectivity index (χ2v) is 5.20. The Kier molecular flexibility index (Phi) is 3.76. The normalized spacial score (nSPS) is 10.5. The van der Waals surface area contributed by atoms with Gasteiger partial charge in [-0.2, -0.15) is 0 Å². The van der Waals surface area contributed by atoms with E-state index in [4.69, 9.17) is 4.74 Å². The molecule has 5 nitrogen and oxygen atoms in total. The number of H-pyrrole nitrogens is 1. The summed E-state index contributed by atoms with van der Waals surface area (Å²) in [7, 11) is 0. The molecule has 0 fully saturated rings. The molecule has 3 rings (SSSR count). The molecule has 1 amide bonds. The molecule has 0 saturated carbocycles. The van der Waals surface area contributed by atoms with Gasteiger partial charge in [0.15, 0.2) is 5.88 Å². The molecule has 116 valence electrons. The maximum absolute atomic E-state index is 11.5. The zero-order valence-electron chi connectivity index (χ0n) is 12.6. The van der Waals surface area contributed by atoms with E-state index in [1.165, 1.54) is 0 Å². The van der Waals surface area contributed by atoms with Gasteiger partial charge in [-0.1, -0.05) is 30.8 Å². The van der Waals surface area contributed by atoms with Crippen LogP contribution in [0.3, 0.4) is 0 Å². The van der Waals surface area contributed by atoms with Crippen molar-refractivity contribution in [2.24, 2.45) is 0 Å². The van der Waals surface area contributed by atoms with Gasteiger partial charge in [-0.3, -0.25) is 5.32 Å². The van der Waals surface area contributed by atoms with Crippen LogP contribution >= 0.6 is 0 Å². The Morgan fingerprint density at radius 3 is 2.61 bits per heavy atom. The van der Waals surface area contributed by atoms with Crippen LogP contribution in [-0.2, 0) is 4.74 Å². The maximum atomic E-state index is 11.5. The average molecular weight is 308 g/mol. The van der Waals surface area contributed by atoms with Crippen LogP contribution in [0.1, 0.15) is 6.92 Å². The lowest BCUT2D eigenvalue weighted by molar-refractivity contribution is 0.192. The average Bonchev–Trinajstić information content (AvgIpc) is 2.89. The van der Waals surface area contributed by atoms with E-state index >= 15 is 0 Å². The Morgan fingerprint density at radius 2 is 1.91 bits per heavy atom. The van der Waals surface area contributed by atoms with E-state index in [0.717, 1.165) is 21.9 Å². The minimum absolute atomic E-state index is 0.155. The lowest BCUT2D eigenvalue weighted by Crippen LogP contribution is -2.12. The number of nitrogens with one attached hydrogen (secondary N) is 2. The van der Waals surface area contributed by atoms with Gasteiger partial charge in [0, 0.05) is 22.7 Å². The van der Waals surface area contributed by atoms with Crippen molar-refractivity contribution in [1.82, 2.24) is 4.98 Å². The lowest BCUT2D eigenvalue weighted by Gasteiger charge is -2.08. The number of hydrogen-bond donors (Lipinski definition) is 3. The maximum Gasteiger partial charge on any atom is 0.416 e. The van der Waals surface area contributed by atoms with Crippen LogP contribution in [-0.4, -0.2) is 16.2 Å². The van der Waals surface area contributed by atoms with E-state index in [1.54, 1.807) is 25.3 Å². The van der Waals surface area contributed by atoms with Gasteiger partial charge < -0.3 is 14.8 Å². The number of anilines is 1. The summed E-state index contributed by atoms with van der Waals surface area (Å²) in [6.45, 7) is 5.12. The molecule has 0 aliphatic heterocycles. The first-order valence-corrected chi connectivity index (χ1v) is 7.08. The van der Waals surface area contributed by atoms with E-state index in [9.17, 15) is 9.90 Å². The molecule has 0 saturated heterocycles. The number of hydrogen-bond acceptors (Lipinski definition) is 3. The Balaban J connectivity index is 1.87. The molecule has 5 heteroatoms. The van der Waals surface area contributed by atoms with Gasteiger partial charge in [0.25, 0.3) is 0 Å². The molecule has 23 heavy (non-hydrogen) atoms. The highest BCUT2D eigenvalue weighted by atomic mass is 16.6. The Labute approximate surface area is 133 Å². The van der Waals surface area contributed by atoms with Crippen LogP contribution < -0.4 is 5.32 Å². The van der Waals surface area contributed by atoms with Crippen molar-refractivity contribution in [3.63, 3.8) is 0 Å². The van der Waals surface area contributed by atoms with Crippen molar-refractivity contribution >= 4 is 22.6 Å². The molecule has 0 aliphatic carbocycles. The Hall–Kier alpha value is -3.21. The third-order valence-corrected chi connectivity index (χ3v) is 3.42. The fraction of sp³-hybridized carbons (Fsp3) is 0.0556. The third kappa shape index (κ3) is 3.03.